The normalized spacial score (nSPS) is 29.5. The Hall–Kier alpha value is -3.14. The van der Waals surface area contributed by atoms with Gasteiger partial charge in [-0.15, -0.1) is 0 Å². The summed E-state index contributed by atoms with van der Waals surface area (Å²) in [4.78, 5) is 25.2. The first kappa shape index (κ1) is 23.6. The maximum absolute atomic E-state index is 13.5. The molecule has 4 aliphatic rings. The van der Waals surface area contributed by atoms with Crippen LogP contribution in [0.25, 0.3) is 12.0 Å². The van der Waals surface area contributed by atoms with Gasteiger partial charge in [-0.25, -0.2) is 14.2 Å². The van der Waals surface area contributed by atoms with Crippen LogP contribution in [0.4, 0.5) is 4.79 Å². The molecule has 2 unspecified atom stereocenters. The molecule has 188 valence electrons. The van der Waals surface area contributed by atoms with Gasteiger partial charge in [0.2, 0.25) is 0 Å². The van der Waals surface area contributed by atoms with E-state index in [1.165, 1.54) is 7.11 Å². The van der Waals surface area contributed by atoms with Crippen molar-refractivity contribution in [1.29, 1.82) is 0 Å². The van der Waals surface area contributed by atoms with Crippen molar-refractivity contribution in [3.05, 3.63) is 36.3 Å². The van der Waals surface area contributed by atoms with Gasteiger partial charge in [-0.2, -0.15) is 10.2 Å². The lowest BCUT2D eigenvalue weighted by atomic mass is 9.48. The van der Waals surface area contributed by atoms with Gasteiger partial charge in [0.1, 0.15) is 5.56 Å². The zero-order chi connectivity index (χ0) is 24.8. The van der Waals surface area contributed by atoms with Crippen LogP contribution in [0.2, 0.25) is 0 Å². The molecule has 2 aromatic rings. The van der Waals surface area contributed by atoms with E-state index in [0.717, 1.165) is 32.1 Å². The summed E-state index contributed by atoms with van der Waals surface area (Å²) < 4.78 is 7.89. The Balaban J connectivity index is 1.39. The Morgan fingerprint density at radius 3 is 2.63 bits per heavy atom. The summed E-state index contributed by atoms with van der Waals surface area (Å²) in [6.07, 6.45) is 13.3. The Kier molecular flexibility index (Phi) is 5.94. The largest absolute Gasteiger partial charge is 0.453 e. The third kappa shape index (κ3) is 4.47. The van der Waals surface area contributed by atoms with Crippen molar-refractivity contribution in [2.45, 2.75) is 57.5 Å². The molecule has 2 heterocycles. The van der Waals surface area contributed by atoms with E-state index in [1.54, 1.807) is 46.3 Å². The van der Waals surface area contributed by atoms with Gasteiger partial charge in [0.15, 0.2) is 5.82 Å². The number of carbonyl (C=O) groups is 2. The molecule has 4 fully saturated rings. The highest BCUT2D eigenvalue weighted by Gasteiger charge is 2.55. The lowest BCUT2D eigenvalue weighted by Crippen LogP contribution is -2.60. The van der Waals surface area contributed by atoms with Gasteiger partial charge < -0.3 is 20.5 Å². The molecule has 3 N–H and O–H groups in total. The van der Waals surface area contributed by atoms with Gasteiger partial charge in [0, 0.05) is 31.2 Å². The highest BCUT2D eigenvalue weighted by Crippen LogP contribution is 2.59. The van der Waals surface area contributed by atoms with E-state index in [4.69, 9.17) is 4.74 Å². The molecule has 2 aromatic heterocycles. The predicted molar refractivity (Wildman–Crippen MR) is 129 cm³/mol. The number of aliphatic hydroxyl groups is 1. The Morgan fingerprint density at radius 2 is 2.00 bits per heavy atom. The second-order valence-electron chi connectivity index (χ2n) is 11.1. The number of ether oxygens (including phenoxy) is 1. The number of methoxy groups -OCH3 is 1. The van der Waals surface area contributed by atoms with Crippen molar-refractivity contribution in [2.24, 2.45) is 23.2 Å². The molecule has 2 amide bonds. The van der Waals surface area contributed by atoms with Crippen molar-refractivity contribution in [2.75, 3.05) is 13.7 Å². The maximum Gasteiger partial charge on any atom is 0.407 e. The van der Waals surface area contributed by atoms with Crippen LogP contribution < -0.4 is 10.6 Å². The number of aliphatic hydroxyl groups excluding tert-OH is 1. The van der Waals surface area contributed by atoms with Crippen LogP contribution >= 0.6 is 0 Å². The Bertz CT molecular complexity index is 1110. The van der Waals surface area contributed by atoms with Crippen LogP contribution in [0.5, 0.6) is 0 Å². The minimum atomic E-state index is -0.702. The molecule has 0 saturated heterocycles. The predicted octanol–water partition coefficient (Wildman–Crippen LogP) is 2.59. The van der Waals surface area contributed by atoms with Crippen molar-refractivity contribution >= 4 is 18.2 Å². The van der Waals surface area contributed by atoms with Crippen LogP contribution in [0.1, 0.15) is 56.3 Å². The van der Waals surface area contributed by atoms with Crippen molar-refractivity contribution < 1.29 is 19.4 Å². The van der Waals surface area contributed by atoms with Crippen molar-refractivity contribution in [3.63, 3.8) is 0 Å². The van der Waals surface area contributed by atoms with E-state index in [1.807, 2.05) is 13.8 Å². The summed E-state index contributed by atoms with van der Waals surface area (Å²) in [7, 11) is 1.32. The molecule has 4 saturated carbocycles. The Morgan fingerprint density at radius 1 is 1.26 bits per heavy atom. The first-order chi connectivity index (χ1) is 16.7. The molecular weight excluding hydrogens is 448 g/mol. The van der Waals surface area contributed by atoms with Crippen LogP contribution in [-0.4, -0.2) is 62.0 Å². The molecule has 10 heteroatoms. The van der Waals surface area contributed by atoms with Gasteiger partial charge in [0.05, 0.1) is 18.8 Å². The number of aromatic nitrogens is 4. The zero-order valence-corrected chi connectivity index (χ0v) is 20.5. The summed E-state index contributed by atoms with van der Waals surface area (Å²) in [5.74, 6) is 1.84. The third-order valence-electron chi connectivity index (χ3n) is 8.01. The van der Waals surface area contributed by atoms with Gasteiger partial charge in [0.25, 0.3) is 5.91 Å². The highest BCUT2D eigenvalue weighted by molar-refractivity contribution is 5.97. The molecular formula is C25H34N6O4. The molecule has 0 radical (unpaired) electrons. The van der Waals surface area contributed by atoms with Gasteiger partial charge >= 0.3 is 6.09 Å². The van der Waals surface area contributed by atoms with Crippen LogP contribution in [0, 0.1) is 23.2 Å². The van der Waals surface area contributed by atoms with E-state index in [2.05, 4.69) is 20.8 Å². The summed E-state index contributed by atoms with van der Waals surface area (Å²) >= 11 is 0. The van der Waals surface area contributed by atoms with Gasteiger partial charge in [-0.05, 0) is 81.3 Å². The molecule has 6 rings (SSSR count). The lowest BCUT2D eigenvalue weighted by molar-refractivity contribution is -0.0969. The number of amides is 2. The van der Waals surface area contributed by atoms with Crippen molar-refractivity contribution in [3.8, 4) is 5.82 Å². The average molecular weight is 483 g/mol. The molecule has 0 spiro atoms. The van der Waals surface area contributed by atoms with E-state index >= 15 is 0 Å². The number of nitrogens with zero attached hydrogens (tertiary/aromatic N) is 4. The second kappa shape index (κ2) is 8.82. The number of nitrogens with one attached hydrogen (secondary N) is 2. The number of hydrogen-bond acceptors (Lipinski definition) is 6. The maximum atomic E-state index is 13.5. The summed E-state index contributed by atoms with van der Waals surface area (Å²) in [5, 5.41) is 24.9. The average Bonchev–Trinajstić information content (AvgIpc) is 3.49. The lowest BCUT2D eigenvalue weighted by Gasteiger charge is -2.59. The van der Waals surface area contributed by atoms with Gasteiger partial charge in [-0.3, -0.25) is 4.79 Å². The monoisotopic (exact) mass is 482 g/mol. The standard InChI is InChI=1S/C25H34N6O4/c1-24(2,29-23(34)35-3)5-8-31-22(30-7-4-6-26-30)19(14-27-31)21(33)28-20-17-9-16-10-18(20)13-25(11-16,12-17)15-32/h4-8,14,16-18,20,32H,9-13,15H2,1-3H3,(H,28,33)(H,29,34)/b8-5+. The third-order valence-corrected chi connectivity index (χ3v) is 8.01. The fraction of sp³-hybridized carbons (Fsp3) is 0.600. The fourth-order valence-corrected chi connectivity index (χ4v) is 6.71. The molecule has 4 aliphatic carbocycles. The highest BCUT2D eigenvalue weighted by atomic mass is 16.5. The number of alkyl carbamates (subject to hydrolysis) is 1. The van der Waals surface area contributed by atoms with E-state index in [0.29, 0.717) is 29.1 Å². The molecule has 2 atom stereocenters. The Labute approximate surface area is 204 Å². The SMILES string of the molecule is COC(=O)NC(C)(C)/C=C/n1ncc(C(=O)NC2C3CC4CC2CC(CO)(C4)C3)c1-n1cccn1. The van der Waals surface area contributed by atoms with Crippen LogP contribution in [-0.2, 0) is 4.74 Å². The molecule has 4 bridgehead atoms. The minimum Gasteiger partial charge on any atom is -0.453 e. The smallest absolute Gasteiger partial charge is 0.407 e. The minimum absolute atomic E-state index is 0.0542. The van der Waals surface area contributed by atoms with Crippen LogP contribution in [0.15, 0.2) is 30.7 Å². The van der Waals surface area contributed by atoms with Gasteiger partial charge in [-0.1, -0.05) is 0 Å². The summed E-state index contributed by atoms with van der Waals surface area (Å²) in [5.41, 5.74) is -0.215. The molecule has 0 aliphatic heterocycles. The first-order valence-electron chi connectivity index (χ1n) is 12.3. The fourth-order valence-electron chi connectivity index (χ4n) is 6.71. The second-order valence-corrected chi connectivity index (χ2v) is 11.1. The first-order valence-corrected chi connectivity index (χ1v) is 12.3. The zero-order valence-electron chi connectivity index (χ0n) is 20.5. The summed E-state index contributed by atoms with van der Waals surface area (Å²) in [6.45, 7) is 3.91. The number of carbonyl (C=O) groups excluding carboxylic acids is 2. The van der Waals surface area contributed by atoms with E-state index in [9.17, 15) is 14.7 Å². The quantitative estimate of drug-likeness (QED) is 0.557. The summed E-state index contributed by atoms with van der Waals surface area (Å²) in [6, 6.07) is 1.91. The number of rotatable bonds is 7. The van der Waals surface area contributed by atoms with Crippen molar-refractivity contribution in [1.82, 2.24) is 30.2 Å². The molecule has 10 nitrogen and oxygen atoms in total. The van der Waals surface area contributed by atoms with E-state index < -0.39 is 11.6 Å². The molecule has 35 heavy (non-hydrogen) atoms. The van der Waals surface area contributed by atoms with E-state index in [-0.39, 0.29) is 24.0 Å². The van der Waals surface area contributed by atoms with Crippen LogP contribution in [0.3, 0.4) is 0 Å². The number of hydrogen-bond donors (Lipinski definition) is 3. The molecule has 0 aromatic carbocycles. The topological polar surface area (TPSA) is 123 Å².